The Morgan fingerprint density at radius 2 is 2.11 bits per heavy atom. The smallest absolute Gasteiger partial charge is 0.319 e. The van der Waals surface area contributed by atoms with Crippen molar-refractivity contribution in [2.24, 2.45) is 0 Å². The average molecular weight is 648 g/mol. The van der Waals surface area contributed by atoms with E-state index in [0.29, 0.717) is 43.7 Å². The number of rotatable bonds is 7. The molecule has 0 unspecified atom stereocenters. The Balaban J connectivity index is 1.25. The summed E-state index contributed by atoms with van der Waals surface area (Å²) in [5.41, 5.74) is -1.57. The highest BCUT2D eigenvalue weighted by molar-refractivity contribution is 6.03. The van der Waals surface area contributed by atoms with E-state index in [2.05, 4.69) is 26.1 Å². The Morgan fingerprint density at radius 1 is 1.21 bits per heavy atom. The van der Waals surface area contributed by atoms with E-state index in [0.717, 1.165) is 25.8 Å². The number of aromatic hydroxyl groups is 1. The molecule has 4 aliphatic heterocycles. The Bertz CT molecular complexity index is 2060. The van der Waals surface area contributed by atoms with E-state index in [1.54, 1.807) is 0 Å². The summed E-state index contributed by atoms with van der Waals surface area (Å²) >= 11 is 0. The highest BCUT2D eigenvalue weighted by Gasteiger charge is 2.50. The second-order valence-corrected chi connectivity index (χ2v) is 13.4. The molecule has 47 heavy (non-hydrogen) atoms. The standard InChI is InChI=1S/C35H35F3N6O3/c1-3-24-27(37)6-5-20-11-23(45)12-25(28(20)24)30-29(38)31-26(14-39-30)32(43-16-22-7-9-34(17-43,42-22)18-46-2)41-33(40-31)47-19-35-8-4-10-44(35)15-21(36)13-35/h1,5-6,11-12,14,21-22,42,45H,4,7-10,13,15-19H2,2H3/t21-,22+,34-,35+/m1/s1/i2D3. The number of fused-ring (bicyclic) bond motifs is 5. The average Bonchev–Trinajstić information content (AvgIpc) is 3.71. The first-order valence-electron chi connectivity index (χ1n) is 17.3. The molecule has 6 heterocycles. The lowest BCUT2D eigenvalue weighted by Gasteiger charge is -2.41. The van der Waals surface area contributed by atoms with Crippen LogP contribution in [0.15, 0.2) is 30.5 Å². The van der Waals surface area contributed by atoms with Crippen molar-refractivity contribution < 1.29 is 31.9 Å². The number of terminal acetylenes is 1. The molecule has 4 atom stereocenters. The van der Waals surface area contributed by atoms with Crippen LogP contribution in [0.25, 0.3) is 32.9 Å². The third-order valence-corrected chi connectivity index (χ3v) is 10.4. The van der Waals surface area contributed by atoms with Crippen LogP contribution in [0.5, 0.6) is 11.8 Å². The number of phenolic OH excluding ortho intramolecular Hbond substituents is 1. The third-order valence-electron chi connectivity index (χ3n) is 10.4. The molecule has 4 aliphatic rings. The summed E-state index contributed by atoms with van der Waals surface area (Å²) in [6, 6.07) is 5.19. The molecule has 244 valence electrons. The number of anilines is 1. The van der Waals surface area contributed by atoms with E-state index < -0.39 is 35.9 Å². The number of piperazine rings is 1. The van der Waals surface area contributed by atoms with Crippen molar-refractivity contribution in [3.05, 3.63) is 47.7 Å². The Kier molecular flexibility index (Phi) is 6.41. The number of nitrogens with one attached hydrogen (secondary N) is 1. The van der Waals surface area contributed by atoms with Gasteiger partial charge in [-0.25, -0.2) is 13.2 Å². The minimum atomic E-state index is -2.58. The van der Waals surface area contributed by atoms with Crippen LogP contribution < -0.4 is 15.0 Å². The van der Waals surface area contributed by atoms with Gasteiger partial charge in [-0.3, -0.25) is 9.88 Å². The van der Waals surface area contributed by atoms with Crippen molar-refractivity contribution in [3.8, 4) is 35.4 Å². The molecule has 0 aliphatic carbocycles. The first-order valence-corrected chi connectivity index (χ1v) is 15.8. The van der Waals surface area contributed by atoms with Gasteiger partial charge in [-0.15, -0.1) is 6.42 Å². The topological polar surface area (TPSA) is 95.9 Å². The molecule has 8 rings (SSSR count). The maximum absolute atomic E-state index is 17.0. The molecule has 9 nitrogen and oxygen atoms in total. The molecular weight excluding hydrogens is 609 g/mol. The van der Waals surface area contributed by atoms with Gasteiger partial charge in [-0.1, -0.05) is 12.0 Å². The lowest BCUT2D eigenvalue weighted by Crippen LogP contribution is -2.61. The number of aromatic nitrogens is 3. The second kappa shape index (κ2) is 11.2. The highest BCUT2D eigenvalue weighted by Crippen LogP contribution is 2.42. The summed E-state index contributed by atoms with van der Waals surface area (Å²) in [7, 11) is -2.58. The number of alkyl halides is 1. The lowest BCUT2D eigenvalue weighted by molar-refractivity contribution is 0.107. The van der Waals surface area contributed by atoms with Crippen LogP contribution in [0.4, 0.5) is 19.0 Å². The van der Waals surface area contributed by atoms with E-state index in [-0.39, 0.29) is 64.1 Å². The Labute approximate surface area is 274 Å². The summed E-state index contributed by atoms with van der Waals surface area (Å²) in [4.78, 5) is 17.8. The maximum atomic E-state index is 17.0. The minimum Gasteiger partial charge on any atom is -0.508 e. The quantitative estimate of drug-likeness (QED) is 0.277. The third kappa shape index (κ3) is 4.94. The summed E-state index contributed by atoms with van der Waals surface area (Å²) in [6.07, 6.45) is 9.54. The van der Waals surface area contributed by atoms with Crippen LogP contribution in [0, 0.1) is 24.0 Å². The van der Waals surface area contributed by atoms with E-state index in [1.807, 2.05) is 4.90 Å². The number of hydrogen-bond donors (Lipinski definition) is 2. The van der Waals surface area contributed by atoms with Crippen LogP contribution in [0.3, 0.4) is 0 Å². The molecule has 2 aromatic carbocycles. The second-order valence-electron chi connectivity index (χ2n) is 13.4. The van der Waals surface area contributed by atoms with Gasteiger partial charge < -0.3 is 24.8 Å². The van der Waals surface area contributed by atoms with Gasteiger partial charge in [0, 0.05) is 56.3 Å². The van der Waals surface area contributed by atoms with Crippen LogP contribution in [0.1, 0.15) is 41.8 Å². The van der Waals surface area contributed by atoms with Gasteiger partial charge in [0.25, 0.3) is 0 Å². The van der Waals surface area contributed by atoms with E-state index in [4.69, 9.17) is 25.0 Å². The van der Waals surface area contributed by atoms with Crippen LogP contribution >= 0.6 is 0 Å². The Hall–Kier alpha value is -4.18. The zero-order chi connectivity index (χ0) is 35.0. The molecule has 4 fully saturated rings. The van der Waals surface area contributed by atoms with Crippen molar-refractivity contribution in [2.45, 2.75) is 55.4 Å². The monoisotopic (exact) mass is 647 g/mol. The molecule has 4 saturated heterocycles. The number of nitrogens with zero attached hydrogens (tertiary/aromatic N) is 5. The highest BCUT2D eigenvalue weighted by atomic mass is 19.1. The fourth-order valence-electron chi connectivity index (χ4n) is 8.36. The predicted molar refractivity (Wildman–Crippen MR) is 171 cm³/mol. The zero-order valence-corrected chi connectivity index (χ0v) is 25.5. The molecule has 2 N–H and O–H groups in total. The van der Waals surface area contributed by atoms with E-state index >= 15 is 4.39 Å². The first-order chi connectivity index (χ1) is 23.9. The van der Waals surface area contributed by atoms with Gasteiger partial charge >= 0.3 is 6.01 Å². The van der Waals surface area contributed by atoms with Gasteiger partial charge in [0.2, 0.25) is 0 Å². The van der Waals surface area contributed by atoms with Crippen molar-refractivity contribution in [2.75, 3.05) is 51.3 Å². The summed E-state index contributed by atoms with van der Waals surface area (Å²) in [6.45, 7) is 1.92. The number of phenols is 1. The van der Waals surface area contributed by atoms with Crippen molar-refractivity contribution in [3.63, 3.8) is 0 Å². The number of ether oxygens (including phenoxy) is 2. The van der Waals surface area contributed by atoms with Crippen molar-refractivity contribution in [1.29, 1.82) is 0 Å². The van der Waals surface area contributed by atoms with Gasteiger partial charge in [0.15, 0.2) is 5.82 Å². The summed E-state index contributed by atoms with van der Waals surface area (Å²) < 4.78 is 80.7. The minimum absolute atomic E-state index is 0.0166. The largest absolute Gasteiger partial charge is 0.508 e. The van der Waals surface area contributed by atoms with Gasteiger partial charge in [-0.2, -0.15) is 9.97 Å². The Morgan fingerprint density at radius 3 is 2.96 bits per heavy atom. The number of methoxy groups -OCH3 is 1. The summed E-state index contributed by atoms with van der Waals surface area (Å²) in [5.74, 6) is 0.944. The van der Waals surface area contributed by atoms with Gasteiger partial charge in [-0.05, 0) is 55.8 Å². The molecule has 0 saturated carbocycles. The normalized spacial score (nSPS) is 28.3. The van der Waals surface area contributed by atoms with E-state index in [1.165, 1.54) is 30.5 Å². The number of hydrogen-bond acceptors (Lipinski definition) is 9. The SMILES string of the molecule is [2H]C([2H])([2H])OC[C@@]12CC[C@@H](CN(c3nc(OC[C@@]45CCCN4C[C@H](F)C5)nc4c(F)c(-c5cc(O)cc6ccc(F)c(C#C)c56)ncc34)C1)N2. The van der Waals surface area contributed by atoms with Crippen LogP contribution in [-0.4, -0.2) is 94.7 Å². The molecule has 4 aromatic rings. The van der Waals surface area contributed by atoms with Crippen molar-refractivity contribution >= 4 is 27.5 Å². The van der Waals surface area contributed by atoms with Crippen LogP contribution in [0.2, 0.25) is 0 Å². The molecule has 12 heteroatoms. The molecular formula is C35H35F3N6O3. The number of pyridine rings is 1. The zero-order valence-electron chi connectivity index (χ0n) is 28.5. The fourth-order valence-corrected chi connectivity index (χ4v) is 8.36. The molecule has 2 aromatic heterocycles. The molecule has 0 spiro atoms. The first kappa shape index (κ1) is 26.8. The predicted octanol–water partition coefficient (Wildman–Crippen LogP) is 4.72. The molecule has 0 radical (unpaired) electrons. The fraction of sp³-hybridized carbons (Fsp3) is 0.457. The number of benzene rings is 2. The lowest BCUT2D eigenvalue weighted by atomic mass is 9.95. The van der Waals surface area contributed by atoms with E-state index in [9.17, 15) is 13.9 Å². The molecule has 2 bridgehead atoms. The maximum Gasteiger partial charge on any atom is 0.319 e. The van der Waals surface area contributed by atoms with Crippen molar-refractivity contribution in [1.82, 2.24) is 25.2 Å². The number of halogens is 3. The van der Waals surface area contributed by atoms with Crippen LogP contribution in [-0.2, 0) is 4.74 Å². The van der Waals surface area contributed by atoms with Gasteiger partial charge in [0.1, 0.15) is 41.4 Å². The summed E-state index contributed by atoms with van der Waals surface area (Å²) in [5, 5.41) is 15.0. The molecule has 0 amide bonds. The van der Waals surface area contributed by atoms with Gasteiger partial charge in [0.05, 0.1) is 32.7 Å².